The van der Waals surface area contributed by atoms with Gasteiger partial charge in [-0.1, -0.05) is 17.8 Å². The van der Waals surface area contributed by atoms with Crippen molar-refractivity contribution in [1.29, 1.82) is 0 Å². The van der Waals surface area contributed by atoms with E-state index in [0.29, 0.717) is 24.7 Å². The fourth-order valence-corrected chi connectivity index (χ4v) is 3.38. The molecule has 0 radical (unpaired) electrons. The SMILES string of the molecule is O=C(CSc1ncccn1)N[C@@H]1CCN(Cc2ccccn2)C[C@H]1O.O=CO. The summed E-state index contributed by atoms with van der Waals surface area (Å²) in [5.41, 5.74) is 0.983. The quantitative estimate of drug-likeness (QED) is 0.356. The number of carboxylic acid groups (broad SMARTS) is 1. The van der Waals surface area contributed by atoms with E-state index < -0.39 is 6.10 Å². The number of nitrogens with zero attached hydrogens (tertiary/aromatic N) is 4. The summed E-state index contributed by atoms with van der Waals surface area (Å²) < 4.78 is 0. The van der Waals surface area contributed by atoms with Crippen molar-refractivity contribution in [3.05, 3.63) is 48.5 Å². The third-order valence-electron chi connectivity index (χ3n) is 4.00. The molecule has 0 unspecified atom stereocenters. The van der Waals surface area contributed by atoms with Crippen LogP contribution in [0.1, 0.15) is 12.1 Å². The predicted molar refractivity (Wildman–Crippen MR) is 104 cm³/mol. The topological polar surface area (TPSA) is 129 Å². The van der Waals surface area contributed by atoms with Crippen molar-refractivity contribution in [2.75, 3.05) is 18.8 Å². The third-order valence-corrected chi connectivity index (χ3v) is 4.87. The van der Waals surface area contributed by atoms with Gasteiger partial charge in [-0.2, -0.15) is 0 Å². The maximum atomic E-state index is 12.1. The molecule has 1 saturated heterocycles. The number of nitrogens with one attached hydrogen (secondary N) is 1. The van der Waals surface area contributed by atoms with Crippen LogP contribution in [0.15, 0.2) is 48.0 Å². The Morgan fingerprint density at radius 1 is 1.25 bits per heavy atom. The second kappa shape index (κ2) is 12.0. The number of carbonyl (C=O) groups is 2. The Balaban J connectivity index is 0.000000878. The summed E-state index contributed by atoms with van der Waals surface area (Å²) in [6.45, 7) is 1.80. The molecule has 3 rings (SSSR count). The van der Waals surface area contributed by atoms with E-state index in [0.717, 1.165) is 12.2 Å². The Hall–Kier alpha value is -2.56. The molecule has 28 heavy (non-hydrogen) atoms. The number of β-amino-alcohol motifs (C(OH)–C–C–N with tert-alkyl or cyclic N) is 1. The zero-order valence-electron chi connectivity index (χ0n) is 15.2. The molecule has 2 atom stereocenters. The van der Waals surface area contributed by atoms with Crippen molar-refractivity contribution in [2.45, 2.75) is 30.3 Å². The summed E-state index contributed by atoms with van der Waals surface area (Å²) >= 11 is 1.29. The number of carbonyl (C=O) groups excluding carboxylic acids is 1. The number of hydrogen-bond acceptors (Lipinski definition) is 8. The number of aromatic nitrogens is 3. The van der Waals surface area contributed by atoms with Gasteiger partial charge in [0.05, 0.1) is 23.6 Å². The molecule has 0 spiro atoms. The average molecular weight is 405 g/mol. The average Bonchev–Trinajstić information content (AvgIpc) is 2.71. The van der Waals surface area contributed by atoms with Crippen molar-refractivity contribution >= 4 is 24.1 Å². The third kappa shape index (κ3) is 7.59. The van der Waals surface area contributed by atoms with Crippen LogP contribution in [0, 0.1) is 0 Å². The lowest BCUT2D eigenvalue weighted by Crippen LogP contribution is -2.54. The second-order valence-electron chi connectivity index (χ2n) is 6.01. The van der Waals surface area contributed by atoms with Gasteiger partial charge >= 0.3 is 0 Å². The number of hydrogen-bond donors (Lipinski definition) is 3. The van der Waals surface area contributed by atoms with Crippen LogP contribution in [0.5, 0.6) is 0 Å². The summed E-state index contributed by atoms with van der Waals surface area (Å²) in [5.74, 6) is 0.130. The van der Waals surface area contributed by atoms with E-state index >= 15 is 0 Å². The fourth-order valence-electron chi connectivity index (χ4n) is 2.77. The lowest BCUT2D eigenvalue weighted by atomic mass is 10.0. The summed E-state index contributed by atoms with van der Waals surface area (Å²) in [7, 11) is 0. The van der Waals surface area contributed by atoms with Crippen LogP contribution in [-0.4, -0.2) is 73.4 Å². The monoisotopic (exact) mass is 405 g/mol. The van der Waals surface area contributed by atoms with Gasteiger partial charge in [0.15, 0.2) is 5.16 Å². The molecule has 2 aromatic heterocycles. The van der Waals surface area contributed by atoms with Crippen molar-refractivity contribution in [3.8, 4) is 0 Å². The van der Waals surface area contributed by atoms with Crippen molar-refractivity contribution in [3.63, 3.8) is 0 Å². The summed E-state index contributed by atoms with van der Waals surface area (Å²) in [5, 5.41) is 20.7. The van der Waals surface area contributed by atoms with E-state index in [1.165, 1.54) is 11.8 Å². The maximum Gasteiger partial charge on any atom is 0.290 e. The Morgan fingerprint density at radius 2 is 1.96 bits per heavy atom. The van der Waals surface area contributed by atoms with Gasteiger partial charge < -0.3 is 15.5 Å². The van der Waals surface area contributed by atoms with Gasteiger partial charge in [0, 0.05) is 38.2 Å². The van der Waals surface area contributed by atoms with Crippen LogP contribution < -0.4 is 5.32 Å². The van der Waals surface area contributed by atoms with Crippen LogP contribution >= 0.6 is 11.8 Å². The number of aliphatic hydroxyl groups is 1. The number of piperidine rings is 1. The van der Waals surface area contributed by atoms with E-state index in [1.54, 1.807) is 24.7 Å². The number of thioether (sulfide) groups is 1. The summed E-state index contributed by atoms with van der Waals surface area (Å²) in [6, 6.07) is 7.34. The molecule has 150 valence electrons. The minimum Gasteiger partial charge on any atom is -0.483 e. The molecule has 0 saturated carbocycles. The Kier molecular flexibility index (Phi) is 9.32. The van der Waals surface area contributed by atoms with Gasteiger partial charge in [0.2, 0.25) is 5.91 Å². The molecule has 0 bridgehead atoms. The zero-order valence-corrected chi connectivity index (χ0v) is 16.0. The molecule has 1 fully saturated rings. The Morgan fingerprint density at radius 3 is 2.61 bits per heavy atom. The highest BCUT2D eigenvalue weighted by Crippen LogP contribution is 2.15. The minimum atomic E-state index is -0.584. The smallest absolute Gasteiger partial charge is 0.290 e. The fraction of sp³-hybridized carbons (Fsp3) is 0.389. The first kappa shape index (κ1) is 21.7. The van der Waals surface area contributed by atoms with Crippen molar-refractivity contribution in [1.82, 2.24) is 25.2 Å². The molecular formula is C18H23N5O4S. The first-order valence-electron chi connectivity index (χ1n) is 8.69. The van der Waals surface area contributed by atoms with Gasteiger partial charge in [-0.15, -0.1) is 0 Å². The highest BCUT2D eigenvalue weighted by atomic mass is 32.2. The van der Waals surface area contributed by atoms with E-state index in [2.05, 4.69) is 25.2 Å². The van der Waals surface area contributed by atoms with Crippen molar-refractivity contribution in [2.24, 2.45) is 0 Å². The number of amides is 1. The first-order valence-corrected chi connectivity index (χ1v) is 9.68. The van der Waals surface area contributed by atoms with E-state index in [-0.39, 0.29) is 24.2 Å². The molecule has 0 aliphatic carbocycles. The lowest BCUT2D eigenvalue weighted by Gasteiger charge is -2.36. The summed E-state index contributed by atoms with van der Waals surface area (Å²) in [6.07, 6.45) is 5.20. The number of rotatable bonds is 6. The lowest BCUT2D eigenvalue weighted by molar-refractivity contribution is -0.123. The highest BCUT2D eigenvalue weighted by Gasteiger charge is 2.28. The number of aliphatic hydroxyl groups excluding tert-OH is 1. The van der Waals surface area contributed by atoms with Crippen LogP contribution in [-0.2, 0) is 16.1 Å². The molecule has 2 aromatic rings. The molecule has 0 aromatic carbocycles. The molecule has 3 heterocycles. The van der Waals surface area contributed by atoms with Crippen LogP contribution in [0.25, 0.3) is 0 Å². The normalized spacial score (nSPS) is 19.2. The molecule has 1 amide bonds. The molecule has 3 N–H and O–H groups in total. The molecule has 1 aliphatic rings. The Bertz CT molecular complexity index is 722. The van der Waals surface area contributed by atoms with E-state index in [1.807, 2.05) is 18.2 Å². The predicted octanol–water partition coefficient (Wildman–Crippen LogP) is 0.416. The van der Waals surface area contributed by atoms with Crippen LogP contribution in [0.2, 0.25) is 0 Å². The van der Waals surface area contributed by atoms with Gasteiger partial charge in [-0.25, -0.2) is 9.97 Å². The summed E-state index contributed by atoms with van der Waals surface area (Å²) in [4.78, 5) is 35.1. The van der Waals surface area contributed by atoms with Gasteiger partial charge in [0.25, 0.3) is 6.47 Å². The molecular weight excluding hydrogens is 382 g/mol. The zero-order chi connectivity index (χ0) is 20.2. The number of pyridine rings is 1. The van der Waals surface area contributed by atoms with Crippen LogP contribution in [0.3, 0.4) is 0 Å². The second-order valence-corrected chi connectivity index (χ2v) is 6.95. The minimum absolute atomic E-state index is 0.111. The number of likely N-dealkylation sites (tertiary alicyclic amines) is 1. The van der Waals surface area contributed by atoms with Crippen molar-refractivity contribution < 1.29 is 19.8 Å². The first-order chi connectivity index (χ1) is 13.6. The standard InChI is InChI=1S/C17H21N5O2S.CH2O2/c23-15-11-22(10-13-4-1-2-6-18-13)9-5-14(15)21-16(24)12-25-17-19-7-3-8-20-17;2-1-3/h1-4,6-8,14-15,23H,5,9-12H2,(H,21,24);1H,(H,2,3)/t14-,15-;/m1./s1. The largest absolute Gasteiger partial charge is 0.483 e. The van der Waals surface area contributed by atoms with E-state index in [4.69, 9.17) is 9.90 Å². The Labute approximate surface area is 167 Å². The molecule has 9 nitrogen and oxygen atoms in total. The van der Waals surface area contributed by atoms with Gasteiger partial charge in [0.1, 0.15) is 0 Å². The maximum absolute atomic E-state index is 12.1. The molecule has 10 heteroatoms. The van der Waals surface area contributed by atoms with Gasteiger partial charge in [-0.05, 0) is 24.6 Å². The van der Waals surface area contributed by atoms with Gasteiger partial charge in [-0.3, -0.25) is 19.5 Å². The highest BCUT2D eigenvalue weighted by molar-refractivity contribution is 7.99. The van der Waals surface area contributed by atoms with E-state index in [9.17, 15) is 9.90 Å². The molecule has 1 aliphatic heterocycles. The van der Waals surface area contributed by atoms with Crippen LogP contribution in [0.4, 0.5) is 0 Å².